The van der Waals surface area contributed by atoms with Crippen LogP contribution < -0.4 is 10.2 Å². The number of nitrogens with one attached hydrogen (secondary N) is 2. The first kappa shape index (κ1) is 15.7. The third-order valence-electron chi connectivity index (χ3n) is 3.94. The van der Waals surface area contributed by atoms with Crippen molar-refractivity contribution in [3.63, 3.8) is 0 Å². The number of fused-ring (bicyclic) bond motifs is 1. The zero-order valence-corrected chi connectivity index (χ0v) is 12.9. The number of likely N-dealkylation sites (tertiary alicyclic amines) is 1. The van der Waals surface area contributed by atoms with E-state index < -0.39 is 0 Å². The van der Waals surface area contributed by atoms with Crippen LogP contribution in [0.4, 0.5) is 0 Å². The number of nitrogens with zero attached hydrogens (tertiary/aromatic N) is 1. The Morgan fingerprint density at radius 1 is 1.29 bits per heavy atom. The Labute approximate surface area is 125 Å². The predicted octanol–water partition coefficient (Wildman–Crippen LogP) is -1.07. The lowest BCUT2D eigenvalue weighted by molar-refractivity contribution is -0.879. The number of allylic oxidation sites excluding steroid dienone is 2. The zero-order chi connectivity index (χ0) is 15.6. The molecule has 3 atom stereocenters. The number of carbonyl (C=O) groups excluding carboxylic acids is 3. The highest BCUT2D eigenvalue weighted by molar-refractivity contribution is 6.05. The summed E-state index contributed by atoms with van der Waals surface area (Å²) in [4.78, 5) is 38.5. The van der Waals surface area contributed by atoms with Gasteiger partial charge in [0.1, 0.15) is 0 Å². The topological polar surface area (TPSA) is 70.9 Å². The lowest BCUT2D eigenvalue weighted by Crippen LogP contribution is -3.12. The second-order valence-electron chi connectivity index (χ2n) is 6.27. The molecule has 1 aliphatic carbocycles. The van der Waals surface area contributed by atoms with Crippen LogP contribution in [0, 0.1) is 11.8 Å². The first-order valence-electron chi connectivity index (χ1n) is 7.51. The molecule has 1 aliphatic heterocycles. The minimum atomic E-state index is -0.195. The van der Waals surface area contributed by atoms with Crippen LogP contribution in [-0.4, -0.2) is 48.9 Å². The number of likely N-dealkylation sites (N-methyl/N-ethyl adjacent to an activating group) is 1. The second-order valence-corrected chi connectivity index (χ2v) is 6.27. The van der Waals surface area contributed by atoms with Crippen LogP contribution in [0.3, 0.4) is 0 Å². The molecule has 0 saturated carbocycles. The van der Waals surface area contributed by atoms with Gasteiger partial charge in [0.15, 0.2) is 13.2 Å². The summed E-state index contributed by atoms with van der Waals surface area (Å²) in [7, 11) is 1.82. The predicted molar refractivity (Wildman–Crippen MR) is 77.1 cm³/mol. The third-order valence-corrected chi connectivity index (χ3v) is 3.94. The van der Waals surface area contributed by atoms with Crippen molar-refractivity contribution in [3.8, 4) is 0 Å². The van der Waals surface area contributed by atoms with Crippen molar-refractivity contribution in [1.82, 2.24) is 10.2 Å². The number of amides is 3. The molecule has 0 aromatic carbocycles. The summed E-state index contributed by atoms with van der Waals surface area (Å²) >= 11 is 0. The molecule has 2 N–H and O–H groups in total. The maximum Gasteiger partial charge on any atom is 0.275 e. The van der Waals surface area contributed by atoms with Gasteiger partial charge in [-0.25, -0.2) is 4.90 Å². The molecule has 2 rings (SSSR count). The minimum absolute atomic E-state index is 0.0688. The summed E-state index contributed by atoms with van der Waals surface area (Å²) in [6.45, 7) is 4.32. The number of hydrogen-bond donors (Lipinski definition) is 2. The molecule has 0 spiro atoms. The van der Waals surface area contributed by atoms with Gasteiger partial charge < -0.3 is 10.2 Å². The van der Waals surface area contributed by atoms with Crippen molar-refractivity contribution in [3.05, 3.63) is 12.2 Å². The summed E-state index contributed by atoms with van der Waals surface area (Å²) in [5.74, 6) is -0.629. The molecule has 116 valence electrons. The van der Waals surface area contributed by atoms with Crippen LogP contribution in [-0.2, 0) is 14.4 Å². The van der Waals surface area contributed by atoms with Crippen LogP contribution in [0.2, 0.25) is 0 Å². The fraction of sp³-hybridized carbons (Fsp3) is 0.667. The van der Waals surface area contributed by atoms with E-state index in [-0.39, 0.29) is 48.8 Å². The fourth-order valence-electron chi connectivity index (χ4n) is 3.00. The maximum absolute atomic E-state index is 12.3. The lowest BCUT2D eigenvalue weighted by atomic mass is 9.85. The molecule has 1 unspecified atom stereocenters. The van der Waals surface area contributed by atoms with Gasteiger partial charge in [0.25, 0.3) is 5.91 Å². The summed E-state index contributed by atoms with van der Waals surface area (Å²) in [6, 6.07) is 0.0919. The normalized spacial score (nSPS) is 26.2. The van der Waals surface area contributed by atoms with Gasteiger partial charge in [-0.3, -0.25) is 14.4 Å². The van der Waals surface area contributed by atoms with Crippen molar-refractivity contribution in [2.45, 2.75) is 32.7 Å². The molecule has 0 aromatic rings. The molecule has 6 heteroatoms. The van der Waals surface area contributed by atoms with Crippen LogP contribution in [0.5, 0.6) is 0 Å². The van der Waals surface area contributed by atoms with Crippen LogP contribution in [0.25, 0.3) is 0 Å². The van der Waals surface area contributed by atoms with Gasteiger partial charge in [0.05, 0.1) is 18.9 Å². The number of carbonyl (C=O) groups is 3. The largest absolute Gasteiger partial charge is 0.349 e. The standard InChI is InChI=1S/C15H23N3O3/c1-10(2)16-13(19)8-17(3)9-18-14(20)11-6-4-5-7-12(11)15(18)21/h4-5,10-12H,6-9H2,1-3H3,(H,16,19)/p+1/t11-,12-/m0/s1. The molecule has 0 bridgehead atoms. The summed E-state index contributed by atoms with van der Waals surface area (Å²) < 4.78 is 0. The summed E-state index contributed by atoms with van der Waals surface area (Å²) in [5.41, 5.74) is 0. The van der Waals surface area contributed by atoms with Crippen molar-refractivity contribution >= 4 is 17.7 Å². The van der Waals surface area contributed by atoms with Gasteiger partial charge >= 0.3 is 0 Å². The highest BCUT2D eigenvalue weighted by atomic mass is 16.2. The van der Waals surface area contributed by atoms with E-state index in [0.717, 1.165) is 4.90 Å². The van der Waals surface area contributed by atoms with E-state index in [2.05, 4.69) is 5.32 Å². The van der Waals surface area contributed by atoms with Gasteiger partial charge in [0.2, 0.25) is 11.8 Å². The van der Waals surface area contributed by atoms with E-state index in [1.54, 1.807) is 0 Å². The Morgan fingerprint density at radius 2 is 1.81 bits per heavy atom. The Balaban J connectivity index is 1.92. The van der Waals surface area contributed by atoms with Crippen LogP contribution in [0.15, 0.2) is 12.2 Å². The van der Waals surface area contributed by atoms with Crippen LogP contribution in [0.1, 0.15) is 26.7 Å². The average Bonchev–Trinajstić information content (AvgIpc) is 2.63. The molecule has 0 radical (unpaired) electrons. The number of rotatable bonds is 5. The van der Waals surface area contributed by atoms with E-state index in [4.69, 9.17) is 0 Å². The molecule has 0 aromatic heterocycles. The van der Waals surface area contributed by atoms with E-state index in [1.165, 1.54) is 4.90 Å². The highest BCUT2D eigenvalue weighted by Crippen LogP contribution is 2.34. The zero-order valence-electron chi connectivity index (χ0n) is 12.9. The molecular formula is C15H24N3O3+. The van der Waals surface area contributed by atoms with E-state index in [9.17, 15) is 14.4 Å². The number of hydrogen-bond acceptors (Lipinski definition) is 3. The first-order chi connectivity index (χ1) is 9.90. The van der Waals surface area contributed by atoms with Crippen molar-refractivity contribution < 1.29 is 19.3 Å². The molecule has 1 fully saturated rings. The molecule has 21 heavy (non-hydrogen) atoms. The number of imide groups is 1. The Morgan fingerprint density at radius 3 is 2.29 bits per heavy atom. The average molecular weight is 294 g/mol. The third kappa shape index (κ3) is 3.50. The summed E-state index contributed by atoms with van der Waals surface area (Å²) in [5, 5.41) is 2.81. The van der Waals surface area contributed by atoms with Crippen molar-refractivity contribution in [1.29, 1.82) is 0 Å². The van der Waals surface area contributed by atoms with E-state index in [0.29, 0.717) is 12.8 Å². The van der Waals surface area contributed by atoms with Gasteiger partial charge in [-0.05, 0) is 26.7 Å². The SMILES string of the molecule is CC(C)NC(=O)C[NH+](C)CN1C(=O)[C@H]2CC=CC[C@@H]2C1=O. The first-order valence-corrected chi connectivity index (χ1v) is 7.51. The second kappa shape index (κ2) is 6.39. The fourth-order valence-corrected chi connectivity index (χ4v) is 3.00. The van der Waals surface area contributed by atoms with Gasteiger partial charge in [-0.15, -0.1) is 0 Å². The smallest absolute Gasteiger partial charge is 0.275 e. The van der Waals surface area contributed by atoms with Gasteiger partial charge in [-0.2, -0.15) is 0 Å². The van der Waals surface area contributed by atoms with Crippen molar-refractivity contribution in [2.75, 3.05) is 20.3 Å². The molecular weight excluding hydrogens is 270 g/mol. The highest BCUT2D eigenvalue weighted by Gasteiger charge is 2.48. The molecule has 2 aliphatic rings. The quantitative estimate of drug-likeness (QED) is 0.501. The Kier molecular flexibility index (Phi) is 4.77. The minimum Gasteiger partial charge on any atom is -0.349 e. The molecule has 6 nitrogen and oxygen atoms in total. The molecule has 1 saturated heterocycles. The molecule has 3 amide bonds. The van der Waals surface area contributed by atoms with E-state index >= 15 is 0 Å². The monoisotopic (exact) mass is 294 g/mol. The lowest BCUT2D eigenvalue weighted by Gasteiger charge is -2.20. The van der Waals surface area contributed by atoms with E-state index in [1.807, 2.05) is 33.0 Å². The van der Waals surface area contributed by atoms with Crippen molar-refractivity contribution in [2.24, 2.45) is 11.8 Å². The van der Waals surface area contributed by atoms with Gasteiger partial charge in [0, 0.05) is 6.04 Å². The van der Waals surface area contributed by atoms with Gasteiger partial charge in [-0.1, -0.05) is 12.2 Å². The number of quaternary nitrogens is 1. The van der Waals surface area contributed by atoms with Crippen LogP contribution >= 0.6 is 0 Å². The Bertz CT molecular complexity index is 447. The summed E-state index contributed by atoms with van der Waals surface area (Å²) in [6.07, 6.45) is 5.25. The maximum atomic E-state index is 12.3. The molecule has 1 heterocycles. The Hall–Kier alpha value is -1.69.